The molecule has 0 saturated carbocycles. The smallest absolute Gasteiger partial charge is 0.277 e. The quantitative estimate of drug-likeness (QED) is 0.339. The molecule has 0 bridgehead atoms. The highest BCUT2D eigenvalue weighted by Crippen LogP contribution is 2.30. The number of thiazole rings is 1. The Bertz CT molecular complexity index is 1430. The van der Waals surface area contributed by atoms with Gasteiger partial charge in [-0.3, -0.25) is 14.3 Å². The highest BCUT2D eigenvalue weighted by atomic mass is 35.5. The van der Waals surface area contributed by atoms with E-state index < -0.39 is 0 Å². The molecule has 0 unspecified atom stereocenters. The van der Waals surface area contributed by atoms with Gasteiger partial charge in [-0.2, -0.15) is 0 Å². The van der Waals surface area contributed by atoms with E-state index >= 15 is 0 Å². The van der Waals surface area contributed by atoms with Crippen LogP contribution >= 0.6 is 22.9 Å². The number of aryl methyl sites for hydroxylation is 2. The number of hydrogen-bond acceptors (Lipinski definition) is 7. The number of aromatic nitrogens is 5. The summed E-state index contributed by atoms with van der Waals surface area (Å²) in [7, 11) is 0. The molecule has 7 nitrogen and oxygen atoms in total. The van der Waals surface area contributed by atoms with Crippen LogP contribution in [0, 0.1) is 27.7 Å². The molecule has 0 spiro atoms. The zero-order valence-electron chi connectivity index (χ0n) is 20.0. The van der Waals surface area contributed by atoms with E-state index in [1.54, 1.807) is 34.4 Å². The van der Waals surface area contributed by atoms with E-state index in [1.165, 1.54) is 0 Å². The average Bonchev–Trinajstić information content (AvgIpc) is 3.23. The summed E-state index contributed by atoms with van der Waals surface area (Å²) in [6, 6.07) is 3.63. The molecule has 4 heterocycles. The van der Waals surface area contributed by atoms with Gasteiger partial charge in [0.25, 0.3) is 5.56 Å². The minimum atomic E-state index is -0.353. The molecule has 0 aliphatic rings. The lowest BCUT2D eigenvalue weighted by Crippen LogP contribution is -2.23. The van der Waals surface area contributed by atoms with Crippen molar-refractivity contribution in [3.05, 3.63) is 78.6 Å². The van der Waals surface area contributed by atoms with Crippen molar-refractivity contribution >= 4 is 22.9 Å². The minimum Gasteiger partial charge on any atom is -0.485 e. The molecular formula is C25H26ClN5O2S. The summed E-state index contributed by atoms with van der Waals surface area (Å²) in [5, 5.41) is 2.93. The monoisotopic (exact) mass is 495 g/mol. The second-order valence-electron chi connectivity index (χ2n) is 8.45. The molecule has 4 aromatic heterocycles. The first kappa shape index (κ1) is 24.0. The van der Waals surface area contributed by atoms with Crippen LogP contribution in [-0.4, -0.2) is 24.5 Å². The van der Waals surface area contributed by atoms with Crippen molar-refractivity contribution in [2.45, 2.75) is 54.1 Å². The Morgan fingerprint density at radius 1 is 1.15 bits per heavy atom. The van der Waals surface area contributed by atoms with Gasteiger partial charge in [-0.1, -0.05) is 25.4 Å². The number of halogens is 1. The van der Waals surface area contributed by atoms with Crippen LogP contribution in [-0.2, 0) is 6.61 Å². The largest absolute Gasteiger partial charge is 0.485 e. The summed E-state index contributed by atoms with van der Waals surface area (Å²) in [6.45, 7) is 12.0. The van der Waals surface area contributed by atoms with Gasteiger partial charge >= 0.3 is 0 Å². The lowest BCUT2D eigenvalue weighted by atomic mass is 10.1. The fourth-order valence-electron chi connectivity index (χ4n) is 3.63. The summed E-state index contributed by atoms with van der Waals surface area (Å²) in [5.41, 5.74) is 4.95. The van der Waals surface area contributed by atoms with Gasteiger partial charge in [-0.05, 0) is 45.4 Å². The summed E-state index contributed by atoms with van der Waals surface area (Å²) in [4.78, 5) is 31.4. The van der Waals surface area contributed by atoms with Crippen LogP contribution in [0.5, 0.6) is 5.75 Å². The van der Waals surface area contributed by atoms with Gasteiger partial charge in [-0.25, -0.2) is 15.0 Å². The number of pyridine rings is 2. The second kappa shape index (κ2) is 9.64. The fourth-order valence-corrected chi connectivity index (χ4v) is 4.51. The summed E-state index contributed by atoms with van der Waals surface area (Å²) >= 11 is 8.07. The predicted molar refractivity (Wildman–Crippen MR) is 135 cm³/mol. The van der Waals surface area contributed by atoms with Gasteiger partial charge in [0.2, 0.25) is 0 Å². The van der Waals surface area contributed by atoms with Crippen molar-refractivity contribution in [3.63, 3.8) is 0 Å². The van der Waals surface area contributed by atoms with Gasteiger partial charge in [0.15, 0.2) is 0 Å². The lowest BCUT2D eigenvalue weighted by Gasteiger charge is -2.18. The van der Waals surface area contributed by atoms with Crippen LogP contribution in [0.3, 0.4) is 0 Å². The van der Waals surface area contributed by atoms with Crippen molar-refractivity contribution in [1.82, 2.24) is 24.5 Å². The Hall–Kier alpha value is -3.10. The Labute approximate surface area is 207 Å². The van der Waals surface area contributed by atoms with Crippen LogP contribution in [0.4, 0.5) is 0 Å². The van der Waals surface area contributed by atoms with Gasteiger partial charge < -0.3 is 4.74 Å². The van der Waals surface area contributed by atoms with Crippen molar-refractivity contribution in [1.29, 1.82) is 0 Å². The molecule has 0 N–H and O–H groups in total. The van der Waals surface area contributed by atoms with Crippen LogP contribution in [0.1, 0.15) is 53.1 Å². The van der Waals surface area contributed by atoms with E-state index in [2.05, 4.69) is 15.0 Å². The highest BCUT2D eigenvalue weighted by molar-refractivity contribution is 7.09. The summed E-state index contributed by atoms with van der Waals surface area (Å²) < 4.78 is 7.52. The van der Waals surface area contributed by atoms with E-state index in [0.29, 0.717) is 17.1 Å². The maximum Gasteiger partial charge on any atom is 0.277 e. The predicted octanol–water partition coefficient (Wildman–Crippen LogP) is 5.74. The average molecular weight is 496 g/mol. The highest BCUT2D eigenvalue weighted by Gasteiger charge is 2.20. The molecule has 0 radical (unpaired) electrons. The van der Waals surface area contributed by atoms with Crippen molar-refractivity contribution in [2.75, 3.05) is 0 Å². The SMILES string of the molecule is Cc1nc(COc2c(C)c(C)n(-c3ccnc(-c4nc(C(C)C)ncc4C)c3)c(=O)c2Cl)cs1. The Morgan fingerprint density at radius 3 is 2.59 bits per heavy atom. The molecule has 0 aliphatic heterocycles. The van der Waals surface area contributed by atoms with Crippen LogP contribution < -0.4 is 10.3 Å². The molecule has 0 atom stereocenters. The van der Waals surface area contributed by atoms with E-state index in [9.17, 15) is 4.79 Å². The normalized spacial score (nSPS) is 11.3. The molecule has 176 valence electrons. The van der Waals surface area contributed by atoms with E-state index in [0.717, 1.165) is 39.0 Å². The summed E-state index contributed by atoms with van der Waals surface area (Å²) in [6.07, 6.45) is 3.48. The lowest BCUT2D eigenvalue weighted by molar-refractivity contribution is 0.298. The Balaban J connectivity index is 1.76. The molecule has 0 saturated heterocycles. The Morgan fingerprint density at radius 2 is 1.91 bits per heavy atom. The first-order valence-electron chi connectivity index (χ1n) is 10.9. The third kappa shape index (κ3) is 4.60. The van der Waals surface area contributed by atoms with Gasteiger partial charge in [0, 0.05) is 34.9 Å². The third-order valence-corrected chi connectivity index (χ3v) is 6.75. The number of hydrogen-bond donors (Lipinski definition) is 0. The fraction of sp³-hybridized carbons (Fsp3) is 0.320. The van der Waals surface area contributed by atoms with Crippen LogP contribution in [0.2, 0.25) is 5.02 Å². The van der Waals surface area contributed by atoms with Crippen molar-refractivity contribution in [3.8, 4) is 22.8 Å². The minimum absolute atomic E-state index is 0.0359. The zero-order valence-corrected chi connectivity index (χ0v) is 21.6. The molecule has 4 rings (SSSR count). The molecule has 0 amide bonds. The van der Waals surface area contributed by atoms with Crippen LogP contribution in [0.25, 0.3) is 17.1 Å². The molecular weight excluding hydrogens is 470 g/mol. The third-order valence-electron chi connectivity index (χ3n) is 5.59. The van der Waals surface area contributed by atoms with Gasteiger partial charge in [0.1, 0.15) is 23.2 Å². The standard InChI is InChI=1S/C25H26ClN5O2S/c1-13(2)24-28-10-14(3)22(30-24)20-9-19(7-8-27-20)31-16(5)15(4)23(21(26)25(31)32)33-11-18-12-34-17(6)29-18/h7-10,12-13H,11H2,1-6H3. The number of nitrogens with zero attached hydrogens (tertiary/aromatic N) is 5. The van der Waals surface area contributed by atoms with Gasteiger partial charge in [-0.15, -0.1) is 11.3 Å². The molecule has 9 heteroatoms. The van der Waals surface area contributed by atoms with Crippen molar-refractivity contribution in [2.24, 2.45) is 0 Å². The van der Waals surface area contributed by atoms with E-state index in [1.807, 2.05) is 53.0 Å². The van der Waals surface area contributed by atoms with E-state index in [-0.39, 0.29) is 23.1 Å². The summed E-state index contributed by atoms with van der Waals surface area (Å²) in [5.74, 6) is 1.32. The Kier molecular flexibility index (Phi) is 6.81. The van der Waals surface area contributed by atoms with E-state index in [4.69, 9.17) is 21.3 Å². The molecule has 4 aromatic rings. The first-order chi connectivity index (χ1) is 16.2. The number of ether oxygens (including phenoxy) is 1. The zero-order chi connectivity index (χ0) is 24.6. The van der Waals surface area contributed by atoms with Crippen LogP contribution in [0.15, 0.2) is 34.7 Å². The second-order valence-corrected chi connectivity index (χ2v) is 9.89. The maximum absolute atomic E-state index is 13.3. The molecule has 0 aromatic carbocycles. The molecule has 34 heavy (non-hydrogen) atoms. The molecule has 0 fully saturated rings. The maximum atomic E-state index is 13.3. The van der Waals surface area contributed by atoms with Gasteiger partial charge in [0.05, 0.1) is 27.8 Å². The number of rotatable bonds is 6. The van der Waals surface area contributed by atoms with Crippen molar-refractivity contribution < 1.29 is 4.74 Å². The first-order valence-corrected chi connectivity index (χ1v) is 12.2. The topological polar surface area (TPSA) is 82.8 Å². The molecule has 0 aliphatic carbocycles.